The Kier molecular flexibility index (Phi) is 2.18. The van der Waals surface area contributed by atoms with Crippen molar-refractivity contribution in [1.82, 2.24) is 5.16 Å². The van der Waals surface area contributed by atoms with Crippen molar-refractivity contribution in [2.45, 2.75) is 13.3 Å². The molecule has 0 aliphatic heterocycles. The number of aromatic nitrogens is 2. The zero-order valence-corrected chi connectivity index (χ0v) is 7.80. The zero-order valence-electron chi connectivity index (χ0n) is 7.80. The molecule has 0 fully saturated rings. The topological polar surface area (TPSA) is 53.0 Å². The molecule has 0 spiro atoms. The third-order valence-electron chi connectivity index (χ3n) is 2.10. The first kappa shape index (κ1) is 8.74. The quantitative estimate of drug-likeness (QED) is 0.669. The van der Waals surface area contributed by atoms with Gasteiger partial charge in [-0.3, -0.25) is 4.63 Å². The fourth-order valence-corrected chi connectivity index (χ4v) is 1.31. The van der Waals surface area contributed by atoms with Gasteiger partial charge in [-0.2, -0.15) is 0 Å². The van der Waals surface area contributed by atoms with Gasteiger partial charge in [0.1, 0.15) is 0 Å². The second-order valence-electron chi connectivity index (χ2n) is 3.12. The zero-order chi connectivity index (χ0) is 9.97. The summed E-state index contributed by atoms with van der Waals surface area (Å²) in [7, 11) is 0. The summed E-state index contributed by atoms with van der Waals surface area (Å²) in [4.78, 5) is 0.461. The first-order chi connectivity index (χ1) is 6.77. The minimum atomic E-state index is 0.461. The van der Waals surface area contributed by atoms with Crippen molar-refractivity contribution in [2.75, 3.05) is 0 Å². The van der Waals surface area contributed by atoms with Gasteiger partial charge in [0.15, 0.2) is 0 Å². The first-order valence-electron chi connectivity index (χ1n) is 4.36. The van der Waals surface area contributed by atoms with Gasteiger partial charge in [0.05, 0.1) is 0 Å². The van der Waals surface area contributed by atoms with Crippen LogP contribution in [0.3, 0.4) is 0 Å². The van der Waals surface area contributed by atoms with E-state index >= 15 is 0 Å². The predicted octanol–water partition coefficient (Wildman–Crippen LogP) is 1.21. The Morgan fingerprint density at radius 3 is 2.64 bits per heavy atom. The summed E-state index contributed by atoms with van der Waals surface area (Å²) in [5.41, 5.74) is 2.28. The maximum Gasteiger partial charge on any atom is 0.218 e. The van der Waals surface area contributed by atoms with Crippen LogP contribution in [0.2, 0.25) is 0 Å². The molecule has 2 aromatic rings. The summed E-state index contributed by atoms with van der Waals surface area (Å²) in [6.07, 6.45) is 0.555. The highest BCUT2D eigenvalue weighted by molar-refractivity contribution is 5.20. The number of rotatable bonds is 2. The summed E-state index contributed by atoms with van der Waals surface area (Å²) in [5.74, 6) is 0. The van der Waals surface area contributed by atoms with Crippen molar-refractivity contribution >= 4 is 0 Å². The van der Waals surface area contributed by atoms with Gasteiger partial charge in [-0.15, -0.1) is 0 Å². The van der Waals surface area contributed by atoms with Crippen LogP contribution in [0.1, 0.15) is 17.0 Å². The second-order valence-corrected chi connectivity index (χ2v) is 3.12. The average Bonchev–Trinajstić information content (AvgIpc) is 2.51. The fraction of sp³-hybridized carbons (Fsp3) is 0.200. The highest BCUT2D eigenvalue weighted by atomic mass is 16.8. The highest BCUT2D eigenvalue weighted by Crippen LogP contribution is 2.07. The van der Waals surface area contributed by atoms with Crippen LogP contribution in [-0.4, -0.2) is 5.16 Å². The van der Waals surface area contributed by atoms with Gasteiger partial charge in [0.2, 0.25) is 11.4 Å². The molecule has 0 amide bonds. The maximum absolute atomic E-state index is 11.1. The van der Waals surface area contributed by atoms with E-state index in [1.54, 1.807) is 6.92 Å². The van der Waals surface area contributed by atoms with E-state index in [0.29, 0.717) is 22.7 Å². The smallest absolute Gasteiger partial charge is 0.218 e. The minimum Gasteiger partial charge on any atom is -0.359 e. The fourth-order valence-electron chi connectivity index (χ4n) is 1.31. The van der Waals surface area contributed by atoms with Gasteiger partial charge >= 0.3 is 0 Å². The van der Waals surface area contributed by atoms with Gasteiger partial charge in [-0.1, -0.05) is 30.3 Å². The van der Waals surface area contributed by atoms with Crippen molar-refractivity contribution < 1.29 is 9.53 Å². The number of hydrogen-bond donors (Lipinski definition) is 0. The van der Waals surface area contributed by atoms with Crippen LogP contribution in [0.4, 0.5) is 0 Å². The van der Waals surface area contributed by atoms with Crippen molar-refractivity contribution in [3.63, 3.8) is 0 Å². The van der Waals surface area contributed by atoms with Crippen molar-refractivity contribution in [2.24, 2.45) is 0 Å². The number of hydrogen-bond acceptors (Lipinski definition) is 3. The van der Waals surface area contributed by atoms with Crippen LogP contribution in [-0.2, 0) is 6.42 Å². The van der Waals surface area contributed by atoms with E-state index in [1.807, 2.05) is 30.3 Å². The molecule has 72 valence electrons. The van der Waals surface area contributed by atoms with E-state index in [1.165, 1.54) is 0 Å². The van der Waals surface area contributed by atoms with Crippen LogP contribution in [0.15, 0.2) is 35.0 Å². The number of benzene rings is 1. The molecule has 0 unspecified atom stereocenters. The average molecular weight is 190 g/mol. The molecule has 1 aromatic heterocycles. The van der Waals surface area contributed by atoms with Crippen LogP contribution >= 0.6 is 0 Å². The van der Waals surface area contributed by atoms with Gasteiger partial charge in [0.25, 0.3) is 0 Å². The van der Waals surface area contributed by atoms with Gasteiger partial charge in [-0.05, 0) is 10.5 Å². The molecule has 0 radical (unpaired) electrons. The van der Waals surface area contributed by atoms with Gasteiger partial charge in [-0.25, -0.2) is 0 Å². The SMILES string of the molecule is Cc1no[n+]([O-])c1Cc1ccccc1. The second kappa shape index (κ2) is 3.49. The monoisotopic (exact) mass is 190 g/mol. The van der Waals surface area contributed by atoms with Crippen molar-refractivity contribution in [1.29, 1.82) is 0 Å². The Labute approximate surface area is 81.3 Å². The number of aryl methyl sites for hydroxylation is 1. The molecule has 0 aliphatic carbocycles. The highest BCUT2D eigenvalue weighted by Gasteiger charge is 2.14. The molecule has 0 bridgehead atoms. The Morgan fingerprint density at radius 1 is 1.36 bits per heavy atom. The Hall–Kier alpha value is -1.84. The van der Waals surface area contributed by atoms with Crippen molar-refractivity contribution in [3.8, 4) is 0 Å². The molecule has 14 heavy (non-hydrogen) atoms. The summed E-state index contributed by atoms with van der Waals surface area (Å²) < 4.78 is 4.48. The summed E-state index contributed by atoms with van der Waals surface area (Å²) in [5, 5.41) is 14.7. The molecule has 0 N–H and O–H groups in total. The third kappa shape index (κ3) is 1.59. The lowest BCUT2D eigenvalue weighted by Gasteiger charge is -1.97. The lowest BCUT2D eigenvalue weighted by molar-refractivity contribution is -0.807. The first-order valence-corrected chi connectivity index (χ1v) is 4.36. The van der Waals surface area contributed by atoms with E-state index in [9.17, 15) is 5.21 Å². The predicted molar refractivity (Wildman–Crippen MR) is 49.4 cm³/mol. The Morgan fingerprint density at radius 2 is 2.07 bits per heavy atom. The third-order valence-corrected chi connectivity index (χ3v) is 2.10. The lowest BCUT2D eigenvalue weighted by Crippen LogP contribution is -2.28. The molecule has 0 atom stereocenters. The normalized spacial score (nSPS) is 10.4. The van der Waals surface area contributed by atoms with E-state index in [2.05, 4.69) is 9.79 Å². The molecule has 2 rings (SSSR count). The Bertz CT molecular complexity index is 403. The standard InChI is InChI=1S/C10H10N2O2/c1-8-10(12(13)14-11-8)7-9-5-3-2-4-6-9/h2-6H,7H2,1H3. The van der Waals surface area contributed by atoms with Gasteiger partial charge < -0.3 is 5.21 Å². The summed E-state index contributed by atoms with van der Waals surface area (Å²) >= 11 is 0. The van der Waals surface area contributed by atoms with E-state index < -0.39 is 0 Å². The van der Waals surface area contributed by atoms with E-state index in [4.69, 9.17) is 0 Å². The lowest BCUT2D eigenvalue weighted by atomic mass is 10.1. The molecule has 0 aliphatic rings. The van der Waals surface area contributed by atoms with Gasteiger partial charge in [0, 0.05) is 18.5 Å². The van der Waals surface area contributed by atoms with E-state index in [-0.39, 0.29) is 0 Å². The van der Waals surface area contributed by atoms with Crippen molar-refractivity contribution in [3.05, 3.63) is 52.5 Å². The molecule has 1 aromatic carbocycles. The van der Waals surface area contributed by atoms with Crippen LogP contribution < -0.4 is 4.90 Å². The molecule has 0 saturated heterocycles. The summed E-state index contributed by atoms with van der Waals surface area (Å²) in [6, 6.07) is 9.74. The molecular formula is C10H10N2O2. The van der Waals surface area contributed by atoms with Crippen LogP contribution in [0.25, 0.3) is 0 Å². The Balaban J connectivity index is 2.27. The largest absolute Gasteiger partial charge is 0.359 e. The van der Waals surface area contributed by atoms with E-state index in [0.717, 1.165) is 5.56 Å². The summed E-state index contributed by atoms with van der Waals surface area (Å²) in [6.45, 7) is 1.76. The molecule has 1 heterocycles. The molecule has 4 nitrogen and oxygen atoms in total. The molecule has 0 saturated carbocycles. The maximum atomic E-state index is 11.1. The van der Waals surface area contributed by atoms with Crippen LogP contribution in [0, 0.1) is 12.1 Å². The molecular weight excluding hydrogens is 180 g/mol. The minimum absolute atomic E-state index is 0.461. The number of nitrogens with zero attached hydrogens (tertiary/aromatic N) is 2. The van der Waals surface area contributed by atoms with Crippen LogP contribution in [0.5, 0.6) is 0 Å². The molecule has 4 heteroatoms.